The highest BCUT2D eigenvalue weighted by molar-refractivity contribution is 5.27. The number of hydrogen-bond donors (Lipinski definition) is 1. The molecule has 1 atom stereocenters. The van der Waals surface area contributed by atoms with Gasteiger partial charge in [0.2, 0.25) is 0 Å². The Morgan fingerprint density at radius 3 is 2.65 bits per heavy atom. The fourth-order valence-electron chi connectivity index (χ4n) is 1.56. The zero-order valence-corrected chi connectivity index (χ0v) is 9.80. The van der Waals surface area contributed by atoms with Crippen LogP contribution in [-0.2, 0) is 13.0 Å². The highest BCUT2D eigenvalue weighted by Crippen LogP contribution is 2.14. The Balaban J connectivity index is 1.89. The molecule has 4 nitrogen and oxygen atoms in total. The summed E-state index contributed by atoms with van der Waals surface area (Å²) in [6, 6.07) is 8.15. The average Bonchev–Trinajstić information content (AvgIpc) is 2.80. The molecule has 0 saturated heterocycles. The Kier molecular flexibility index (Phi) is 3.77. The Hall–Kier alpha value is -1.81. The van der Waals surface area contributed by atoms with Gasteiger partial charge in [-0.25, -0.2) is 0 Å². The lowest BCUT2D eigenvalue weighted by Gasteiger charge is -2.07. The number of nitrogens with two attached hydrogens (primary N) is 1. The van der Waals surface area contributed by atoms with Gasteiger partial charge in [0.15, 0.2) is 0 Å². The first-order chi connectivity index (χ1) is 8.24. The fraction of sp³-hybridized carbons (Fsp3) is 0.308. The molecule has 0 spiro atoms. The van der Waals surface area contributed by atoms with Crippen LogP contribution in [0.2, 0.25) is 0 Å². The van der Waals surface area contributed by atoms with Crippen LogP contribution in [0, 0.1) is 0 Å². The molecule has 0 aliphatic rings. The van der Waals surface area contributed by atoms with Crippen molar-refractivity contribution in [3.05, 3.63) is 47.9 Å². The Morgan fingerprint density at radius 2 is 2.06 bits per heavy atom. The standard InChI is InChI=1S/C13H16N2O2/c1-10(14)6-11-2-4-13(5-3-11)16-8-12-7-15-17-9-12/h2-5,7,9-10H,6,8,14H2,1H3. The lowest BCUT2D eigenvalue weighted by atomic mass is 10.1. The summed E-state index contributed by atoms with van der Waals surface area (Å²) in [6.07, 6.45) is 4.10. The van der Waals surface area contributed by atoms with Crippen LogP contribution < -0.4 is 10.5 Å². The minimum absolute atomic E-state index is 0.179. The van der Waals surface area contributed by atoms with Crippen molar-refractivity contribution in [3.8, 4) is 5.75 Å². The molecule has 2 aromatic rings. The van der Waals surface area contributed by atoms with Gasteiger partial charge in [0.1, 0.15) is 18.6 Å². The molecule has 90 valence electrons. The van der Waals surface area contributed by atoms with Crippen molar-refractivity contribution in [2.45, 2.75) is 26.0 Å². The predicted molar refractivity (Wildman–Crippen MR) is 64.6 cm³/mol. The molecule has 0 amide bonds. The Morgan fingerprint density at radius 1 is 1.29 bits per heavy atom. The van der Waals surface area contributed by atoms with Crippen molar-refractivity contribution >= 4 is 0 Å². The van der Waals surface area contributed by atoms with E-state index in [1.807, 2.05) is 31.2 Å². The number of rotatable bonds is 5. The highest BCUT2D eigenvalue weighted by Gasteiger charge is 2.00. The molecular formula is C13H16N2O2. The molecule has 1 aromatic heterocycles. The number of aromatic nitrogens is 1. The van der Waals surface area contributed by atoms with Crippen LogP contribution in [0.1, 0.15) is 18.1 Å². The third kappa shape index (κ3) is 3.60. The lowest BCUT2D eigenvalue weighted by Crippen LogP contribution is -2.17. The second-order valence-corrected chi connectivity index (χ2v) is 4.15. The van der Waals surface area contributed by atoms with Crippen molar-refractivity contribution < 1.29 is 9.26 Å². The molecule has 2 rings (SSSR count). The van der Waals surface area contributed by atoms with E-state index in [-0.39, 0.29) is 6.04 Å². The Bertz CT molecular complexity index is 435. The first kappa shape index (κ1) is 11.7. The number of ether oxygens (including phenoxy) is 1. The summed E-state index contributed by atoms with van der Waals surface area (Å²) in [6.45, 7) is 2.46. The van der Waals surface area contributed by atoms with Crippen molar-refractivity contribution in [2.24, 2.45) is 5.73 Å². The minimum Gasteiger partial charge on any atom is -0.489 e. The summed E-state index contributed by atoms with van der Waals surface area (Å²) in [5.41, 5.74) is 7.88. The third-order valence-corrected chi connectivity index (χ3v) is 2.37. The van der Waals surface area contributed by atoms with Gasteiger partial charge in [0, 0.05) is 11.6 Å². The van der Waals surface area contributed by atoms with Gasteiger partial charge in [-0.05, 0) is 31.0 Å². The largest absolute Gasteiger partial charge is 0.489 e. The van der Waals surface area contributed by atoms with E-state index in [0.29, 0.717) is 6.61 Å². The third-order valence-electron chi connectivity index (χ3n) is 2.37. The molecule has 4 heteroatoms. The summed E-state index contributed by atoms with van der Waals surface area (Å²) >= 11 is 0. The SMILES string of the molecule is CC(N)Cc1ccc(OCc2cnoc2)cc1. The van der Waals surface area contributed by atoms with Crippen molar-refractivity contribution in [2.75, 3.05) is 0 Å². The molecule has 0 aliphatic carbocycles. The highest BCUT2D eigenvalue weighted by atomic mass is 16.5. The molecule has 17 heavy (non-hydrogen) atoms. The van der Waals surface area contributed by atoms with Gasteiger partial charge in [0.05, 0.1) is 6.20 Å². The van der Waals surface area contributed by atoms with E-state index < -0.39 is 0 Å². The van der Waals surface area contributed by atoms with Gasteiger partial charge in [-0.1, -0.05) is 17.3 Å². The van der Waals surface area contributed by atoms with Gasteiger partial charge in [0.25, 0.3) is 0 Å². The zero-order chi connectivity index (χ0) is 12.1. The van der Waals surface area contributed by atoms with E-state index in [2.05, 4.69) is 5.16 Å². The Labute approximate surface area is 100 Å². The summed E-state index contributed by atoms with van der Waals surface area (Å²) < 4.78 is 10.3. The maximum atomic E-state index is 5.74. The van der Waals surface area contributed by atoms with E-state index in [9.17, 15) is 0 Å². The summed E-state index contributed by atoms with van der Waals surface area (Å²) in [5, 5.41) is 3.61. The molecule has 0 aliphatic heterocycles. The summed E-state index contributed by atoms with van der Waals surface area (Å²) in [5.74, 6) is 0.833. The molecule has 1 aromatic carbocycles. The number of nitrogens with zero attached hydrogens (tertiary/aromatic N) is 1. The maximum Gasteiger partial charge on any atom is 0.130 e. The first-order valence-corrected chi connectivity index (χ1v) is 5.59. The predicted octanol–water partition coefficient (Wildman–Crippen LogP) is 2.14. The molecule has 0 saturated carbocycles. The van der Waals surface area contributed by atoms with Gasteiger partial charge in [-0.2, -0.15) is 0 Å². The van der Waals surface area contributed by atoms with E-state index in [0.717, 1.165) is 17.7 Å². The van der Waals surface area contributed by atoms with Crippen LogP contribution in [0.25, 0.3) is 0 Å². The second kappa shape index (κ2) is 5.50. The van der Waals surface area contributed by atoms with Crippen LogP contribution in [-0.4, -0.2) is 11.2 Å². The molecule has 0 radical (unpaired) electrons. The van der Waals surface area contributed by atoms with Crippen LogP contribution in [0.15, 0.2) is 41.2 Å². The van der Waals surface area contributed by atoms with Gasteiger partial charge < -0.3 is 15.0 Å². The lowest BCUT2D eigenvalue weighted by molar-refractivity contribution is 0.304. The number of benzene rings is 1. The van der Waals surface area contributed by atoms with E-state index in [1.165, 1.54) is 5.56 Å². The monoisotopic (exact) mass is 232 g/mol. The van der Waals surface area contributed by atoms with Crippen molar-refractivity contribution in [1.82, 2.24) is 5.16 Å². The summed E-state index contributed by atoms with van der Waals surface area (Å²) in [4.78, 5) is 0. The molecular weight excluding hydrogens is 216 g/mol. The topological polar surface area (TPSA) is 61.3 Å². The van der Waals surface area contributed by atoms with Crippen molar-refractivity contribution in [3.63, 3.8) is 0 Å². The molecule has 1 unspecified atom stereocenters. The van der Waals surface area contributed by atoms with Gasteiger partial charge in [-0.15, -0.1) is 0 Å². The normalized spacial score (nSPS) is 12.4. The summed E-state index contributed by atoms with van der Waals surface area (Å²) in [7, 11) is 0. The molecule has 1 heterocycles. The number of hydrogen-bond acceptors (Lipinski definition) is 4. The van der Waals surface area contributed by atoms with Crippen LogP contribution >= 0.6 is 0 Å². The molecule has 0 fully saturated rings. The van der Waals surface area contributed by atoms with Crippen LogP contribution in [0.5, 0.6) is 5.75 Å². The zero-order valence-electron chi connectivity index (χ0n) is 9.80. The van der Waals surface area contributed by atoms with Gasteiger partial charge in [-0.3, -0.25) is 0 Å². The second-order valence-electron chi connectivity index (χ2n) is 4.15. The fourth-order valence-corrected chi connectivity index (χ4v) is 1.56. The van der Waals surface area contributed by atoms with E-state index >= 15 is 0 Å². The van der Waals surface area contributed by atoms with E-state index in [1.54, 1.807) is 12.5 Å². The average molecular weight is 232 g/mol. The van der Waals surface area contributed by atoms with Gasteiger partial charge >= 0.3 is 0 Å². The van der Waals surface area contributed by atoms with E-state index in [4.69, 9.17) is 15.0 Å². The first-order valence-electron chi connectivity index (χ1n) is 5.59. The quantitative estimate of drug-likeness (QED) is 0.858. The maximum absolute atomic E-state index is 5.74. The molecule has 2 N–H and O–H groups in total. The van der Waals surface area contributed by atoms with Crippen molar-refractivity contribution in [1.29, 1.82) is 0 Å². The smallest absolute Gasteiger partial charge is 0.130 e. The molecule has 0 bridgehead atoms. The van der Waals surface area contributed by atoms with Crippen LogP contribution in [0.4, 0.5) is 0 Å². The minimum atomic E-state index is 0.179. The van der Waals surface area contributed by atoms with Crippen LogP contribution in [0.3, 0.4) is 0 Å².